The summed E-state index contributed by atoms with van der Waals surface area (Å²) in [6.07, 6.45) is 2.64. The van der Waals surface area contributed by atoms with E-state index < -0.39 is 6.10 Å². The molecule has 0 rings (SSSR count). The summed E-state index contributed by atoms with van der Waals surface area (Å²) in [6.45, 7) is 3.75. The number of aliphatic hydroxyl groups excluding tert-OH is 1. The first-order valence-electron chi connectivity index (χ1n) is 3.93. The van der Waals surface area contributed by atoms with Gasteiger partial charge < -0.3 is 5.11 Å². The first-order chi connectivity index (χ1) is 5.27. The van der Waals surface area contributed by atoms with Crippen LogP contribution in [0.4, 0.5) is 0 Å². The smallest absolute Gasteiger partial charge is 0.112 e. The van der Waals surface area contributed by atoms with Crippen LogP contribution in [0.25, 0.3) is 0 Å². The van der Waals surface area contributed by atoms with Gasteiger partial charge in [0.1, 0.15) is 6.10 Å². The second-order valence-corrected chi connectivity index (χ2v) is 2.35. The fourth-order valence-corrected chi connectivity index (χ4v) is 0.512. The van der Waals surface area contributed by atoms with Gasteiger partial charge in [0.15, 0.2) is 0 Å². The van der Waals surface area contributed by atoms with E-state index in [1.165, 1.54) is 6.42 Å². The Labute approximate surface area is 68.8 Å². The van der Waals surface area contributed by atoms with Crippen molar-refractivity contribution in [3.8, 4) is 23.7 Å². The Kier molecular flexibility index (Phi) is 6.59. The van der Waals surface area contributed by atoms with Crippen LogP contribution in [0, 0.1) is 23.7 Å². The molecule has 0 saturated heterocycles. The largest absolute Gasteiger partial charge is 0.381 e. The molecule has 0 aromatic carbocycles. The molecule has 1 nitrogen and oxygen atoms in total. The first kappa shape index (κ1) is 10.1. The molecule has 0 amide bonds. The summed E-state index contributed by atoms with van der Waals surface area (Å²) in [7, 11) is 0. The fraction of sp³-hybridized carbons (Fsp3) is 0.600. The van der Waals surface area contributed by atoms with Crippen LogP contribution in [0.2, 0.25) is 0 Å². The monoisotopic (exact) mass is 150 g/mol. The van der Waals surface area contributed by atoms with Crippen LogP contribution in [0.5, 0.6) is 0 Å². The molecule has 0 heterocycles. The normalized spacial score (nSPS) is 10.5. The van der Waals surface area contributed by atoms with Crippen LogP contribution < -0.4 is 0 Å². The van der Waals surface area contributed by atoms with Crippen LogP contribution in [-0.4, -0.2) is 11.2 Å². The maximum Gasteiger partial charge on any atom is 0.112 e. The van der Waals surface area contributed by atoms with E-state index in [-0.39, 0.29) is 0 Å². The van der Waals surface area contributed by atoms with Crippen LogP contribution in [0.3, 0.4) is 0 Å². The summed E-state index contributed by atoms with van der Waals surface area (Å²) < 4.78 is 0. The summed E-state index contributed by atoms with van der Waals surface area (Å²) in [5.41, 5.74) is 0. The van der Waals surface area contributed by atoms with Crippen molar-refractivity contribution in [2.24, 2.45) is 0 Å². The van der Waals surface area contributed by atoms with Gasteiger partial charge in [-0.15, -0.1) is 0 Å². The molecular formula is C10H14O. The van der Waals surface area contributed by atoms with Gasteiger partial charge in [0, 0.05) is 6.42 Å². The Morgan fingerprint density at radius 1 is 1.36 bits per heavy atom. The highest BCUT2D eigenvalue weighted by Crippen LogP contribution is 1.89. The Morgan fingerprint density at radius 2 is 2.09 bits per heavy atom. The molecule has 0 fully saturated rings. The molecule has 0 aliphatic rings. The predicted molar refractivity (Wildman–Crippen MR) is 46.8 cm³/mol. The lowest BCUT2D eigenvalue weighted by Gasteiger charge is -1.83. The maximum absolute atomic E-state index is 8.71. The topological polar surface area (TPSA) is 20.2 Å². The van der Waals surface area contributed by atoms with Crippen LogP contribution >= 0.6 is 0 Å². The Bertz CT molecular complexity index is 194. The van der Waals surface area contributed by atoms with Crippen molar-refractivity contribution in [3.05, 3.63) is 0 Å². The van der Waals surface area contributed by atoms with Gasteiger partial charge in [-0.25, -0.2) is 0 Å². The van der Waals surface area contributed by atoms with E-state index in [2.05, 4.69) is 30.6 Å². The summed E-state index contributed by atoms with van der Waals surface area (Å²) in [6, 6.07) is 0. The molecule has 0 aromatic rings. The highest BCUT2D eigenvalue weighted by atomic mass is 16.3. The Balaban J connectivity index is 3.49. The van der Waals surface area contributed by atoms with E-state index in [1.807, 2.05) is 0 Å². The molecule has 1 heteroatoms. The summed E-state index contributed by atoms with van der Waals surface area (Å²) in [5, 5.41) is 8.71. The van der Waals surface area contributed by atoms with Crippen LogP contribution in [0.15, 0.2) is 0 Å². The maximum atomic E-state index is 8.71. The average Bonchev–Trinajstić information content (AvgIpc) is 1.96. The Hall–Kier alpha value is -0.920. The van der Waals surface area contributed by atoms with Crippen molar-refractivity contribution in [1.82, 2.24) is 0 Å². The quantitative estimate of drug-likeness (QED) is 0.468. The van der Waals surface area contributed by atoms with E-state index in [9.17, 15) is 0 Å². The zero-order valence-electron chi connectivity index (χ0n) is 7.15. The molecule has 0 radical (unpaired) electrons. The van der Waals surface area contributed by atoms with Crippen molar-refractivity contribution in [3.63, 3.8) is 0 Å². The molecule has 0 aromatic heterocycles. The second-order valence-electron chi connectivity index (χ2n) is 2.35. The highest BCUT2D eigenvalue weighted by Gasteiger charge is 1.79. The average molecular weight is 150 g/mol. The van der Waals surface area contributed by atoms with Crippen molar-refractivity contribution in [1.29, 1.82) is 0 Å². The molecule has 0 saturated carbocycles. The van der Waals surface area contributed by atoms with Gasteiger partial charge in [0.25, 0.3) is 0 Å². The zero-order valence-corrected chi connectivity index (χ0v) is 7.15. The Morgan fingerprint density at radius 3 is 2.64 bits per heavy atom. The highest BCUT2D eigenvalue weighted by molar-refractivity contribution is 5.26. The minimum absolute atomic E-state index is 0.560. The molecule has 0 aliphatic carbocycles. The third kappa shape index (κ3) is 9.08. The van der Waals surface area contributed by atoms with Crippen LogP contribution in [-0.2, 0) is 0 Å². The van der Waals surface area contributed by atoms with Gasteiger partial charge in [-0.05, 0) is 25.2 Å². The third-order valence-corrected chi connectivity index (χ3v) is 1.09. The fourth-order valence-electron chi connectivity index (χ4n) is 0.512. The van der Waals surface area contributed by atoms with Gasteiger partial charge in [0.2, 0.25) is 0 Å². The van der Waals surface area contributed by atoms with E-state index >= 15 is 0 Å². The second kappa shape index (κ2) is 7.19. The molecule has 0 spiro atoms. The van der Waals surface area contributed by atoms with E-state index in [0.717, 1.165) is 12.8 Å². The molecule has 0 bridgehead atoms. The summed E-state index contributed by atoms with van der Waals surface area (Å²) >= 11 is 0. The van der Waals surface area contributed by atoms with Gasteiger partial charge >= 0.3 is 0 Å². The lowest BCUT2D eigenvalue weighted by Crippen LogP contribution is -1.91. The number of hydrogen-bond donors (Lipinski definition) is 1. The molecular weight excluding hydrogens is 136 g/mol. The molecule has 1 atom stereocenters. The molecule has 11 heavy (non-hydrogen) atoms. The number of unbranched alkanes of at least 4 members (excludes halogenated alkanes) is 2. The molecule has 60 valence electrons. The predicted octanol–water partition coefficient (Wildman–Crippen LogP) is 1.56. The lowest BCUT2D eigenvalue weighted by molar-refractivity contribution is 0.253. The van der Waals surface area contributed by atoms with E-state index in [4.69, 9.17) is 5.11 Å². The number of rotatable bonds is 2. The van der Waals surface area contributed by atoms with Gasteiger partial charge in [-0.2, -0.15) is 0 Å². The molecule has 1 unspecified atom stereocenters. The van der Waals surface area contributed by atoms with Gasteiger partial charge in [0.05, 0.1) is 0 Å². The first-order valence-corrected chi connectivity index (χ1v) is 3.93. The third-order valence-electron chi connectivity index (χ3n) is 1.09. The number of aliphatic hydroxyl groups is 1. The van der Waals surface area contributed by atoms with E-state index in [1.54, 1.807) is 6.92 Å². The van der Waals surface area contributed by atoms with Crippen molar-refractivity contribution in [2.75, 3.05) is 0 Å². The summed E-state index contributed by atoms with van der Waals surface area (Å²) in [5.74, 6) is 10.7. The lowest BCUT2D eigenvalue weighted by atomic mass is 10.2. The van der Waals surface area contributed by atoms with Crippen molar-refractivity contribution in [2.45, 2.75) is 39.2 Å². The standard InChI is InChI=1S/C10H14O/c1-3-4-5-6-7-8-9-10(2)11/h10-11H,3-5H2,1-2H3. The van der Waals surface area contributed by atoms with Gasteiger partial charge in [-0.1, -0.05) is 25.2 Å². The number of hydrogen-bond acceptors (Lipinski definition) is 1. The minimum atomic E-state index is -0.560. The van der Waals surface area contributed by atoms with Crippen molar-refractivity contribution >= 4 is 0 Å². The zero-order chi connectivity index (χ0) is 8.53. The van der Waals surface area contributed by atoms with Crippen molar-refractivity contribution < 1.29 is 5.11 Å². The minimum Gasteiger partial charge on any atom is -0.381 e. The van der Waals surface area contributed by atoms with Gasteiger partial charge in [-0.3, -0.25) is 0 Å². The SMILES string of the molecule is CCCCC#CC#CC(C)O. The van der Waals surface area contributed by atoms with Crippen LogP contribution in [0.1, 0.15) is 33.1 Å². The molecule has 1 N–H and O–H groups in total. The summed E-state index contributed by atoms with van der Waals surface area (Å²) in [4.78, 5) is 0. The van der Waals surface area contributed by atoms with E-state index in [0.29, 0.717) is 0 Å². The molecule has 0 aliphatic heterocycles.